The highest BCUT2D eigenvalue weighted by Gasteiger charge is 2.15. The fourth-order valence-corrected chi connectivity index (χ4v) is 2.11. The molecule has 1 rings (SSSR count). The predicted molar refractivity (Wildman–Crippen MR) is 58.2 cm³/mol. The van der Waals surface area contributed by atoms with Gasteiger partial charge < -0.3 is 5.11 Å². The van der Waals surface area contributed by atoms with Gasteiger partial charge in [0.05, 0.1) is 4.83 Å². The van der Waals surface area contributed by atoms with Gasteiger partial charge in [-0.05, 0) is 30.7 Å². The van der Waals surface area contributed by atoms with E-state index < -0.39 is 0 Å². The van der Waals surface area contributed by atoms with Crippen molar-refractivity contribution < 1.29 is 9.90 Å². The molecule has 0 saturated carbocycles. The van der Waals surface area contributed by atoms with Gasteiger partial charge in [0.25, 0.3) is 0 Å². The Balaban J connectivity index is 3.12. The van der Waals surface area contributed by atoms with Gasteiger partial charge in [-0.2, -0.15) is 0 Å². The molecule has 4 heteroatoms. The van der Waals surface area contributed by atoms with Crippen molar-refractivity contribution in [1.29, 1.82) is 0 Å². The Morgan fingerprint density at radius 1 is 1.54 bits per heavy atom. The fourth-order valence-electron chi connectivity index (χ4n) is 0.944. The van der Waals surface area contributed by atoms with Crippen LogP contribution in [0.3, 0.4) is 0 Å². The van der Waals surface area contributed by atoms with Crippen LogP contribution in [-0.2, 0) is 4.79 Å². The Morgan fingerprint density at radius 3 is 2.69 bits per heavy atom. The van der Waals surface area contributed by atoms with Gasteiger partial charge in [0.2, 0.25) is 0 Å². The van der Waals surface area contributed by atoms with E-state index in [0.29, 0.717) is 0 Å². The lowest BCUT2D eigenvalue weighted by Crippen LogP contribution is -2.01. The van der Waals surface area contributed by atoms with Gasteiger partial charge in [-0.25, -0.2) is 0 Å². The molecule has 0 fully saturated rings. The Labute approximate surface area is 93.2 Å². The number of alkyl halides is 1. The topological polar surface area (TPSA) is 37.3 Å². The molecule has 1 unspecified atom stereocenters. The van der Waals surface area contributed by atoms with Crippen molar-refractivity contribution in [1.82, 2.24) is 0 Å². The maximum atomic E-state index is 11.1. The number of ketones is 1. The first-order chi connectivity index (χ1) is 6.02. The minimum absolute atomic E-state index is 0.00583. The molecule has 0 radical (unpaired) electrons. The van der Waals surface area contributed by atoms with Gasteiger partial charge in [-0.1, -0.05) is 31.9 Å². The maximum absolute atomic E-state index is 11.1. The van der Waals surface area contributed by atoms with Crippen LogP contribution in [0.4, 0.5) is 0 Å². The van der Waals surface area contributed by atoms with Crippen molar-refractivity contribution in [3.05, 3.63) is 28.2 Å². The van der Waals surface area contributed by atoms with Crippen molar-refractivity contribution in [2.24, 2.45) is 0 Å². The second-order valence-corrected chi connectivity index (χ2v) is 4.45. The monoisotopic (exact) mass is 306 g/mol. The van der Waals surface area contributed by atoms with Crippen LogP contribution in [0.2, 0.25) is 0 Å². The molecule has 0 amide bonds. The highest BCUT2D eigenvalue weighted by atomic mass is 79.9. The summed E-state index contributed by atoms with van der Waals surface area (Å²) in [5.74, 6) is 0.162. The molecule has 1 aromatic carbocycles. The number of hydrogen-bond acceptors (Lipinski definition) is 2. The maximum Gasteiger partial charge on any atom is 0.147 e. The van der Waals surface area contributed by atoms with Gasteiger partial charge in [-0.15, -0.1) is 0 Å². The normalized spacial score (nSPS) is 12.5. The fraction of sp³-hybridized carbons (Fsp3) is 0.222. The molecule has 2 nitrogen and oxygen atoms in total. The third-order valence-electron chi connectivity index (χ3n) is 1.61. The van der Waals surface area contributed by atoms with Crippen molar-refractivity contribution in [3.63, 3.8) is 0 Å². The number of hydrogen-bond donors (Lipinski definition) is 1. The smallest absolute Gasteiger partial charge is 0.147 e. The van der Waals surface area contributed by atoms with Gasteiger partial charge in [0.1, 0.15) is 11.5 Å². The number of halogens is 2. The number of phenols is 1. The van der Waals surface area contributed by atoms with E-state index in [1.165, 1.54) is 6.92 Å². The number of benzene rings is 1. The van der Waals surface area contributed by atoms with Crippen LogP contribution in [0.25, 0.3) is 0 Å². The minimum Gasteiger partial charge on any atom is -0.508 e. The highest BCUT2D eigenvalue weighted by molar-refractivity contribution is 9.11. The number of carbonyl (C=O) groups is 1. The first kappa shape index (κ1) is 10.7. The van der Waals surface area contributed by atoms with E-state index in [-0.39, 0.29) is 16.4 Å². The molecular weight excluding hydrogens is 300 g/mol. The lowest BCUT2D eigenvalue weighted by atomic mass is 10.1. The summed E-state index contributed by atoms with van der Waals surface area (Å²) in [5, 5.41) is 9.22. The Morgan fingerprint density at radius 2 is 2.15 bits per heavy atom. The predicted octanol–water partition coefficient (Wildman–Crippen LogP) is 3.18. The van der Waals surface area contributed by atoms with Gasteiger partial charge in [-0.3, -0.25) is 4.79 Å². The summed E-state index contributed by atoms with van der Waals surface area (Å²) in [6.07, 6.45) is 0. The van der Waals surface area contributed by atoms with Crippen LogP contribution in [0.5, 0.6) is 5.75 Å². The molecule has 1 N–H and O–H groups in total. The summed E-state index contributed by atoms with van der Waals surface area (Å²) in [7, 11) is 0. The van der Waals surface area contributed by atoms with Crippen LogP contribution in [0.1, 0.15) is 17.3 Å². The largest absolute Gasteiger partial charge is 0.508 e. The SMILES string of the molecule is CC(=O)C(Br)c1cc(O)ccc1Br. The van der Waals surface area contributed by atoms with Crippen LogP contribution in [0, 0.1) is 0 Å². The zero-order valence-corrected chi connectivity index (χ0v) is 10.1. The first-order valence-electron chi connectivity index (χ1n) is 3.65. The van der Waals surface area contributed by atoms with E-state index in [1.54, 1.807) is 18.2 Å². The number of aromatic hydroxyl groups is 1. The third-order valence-corrected chi connectivity index (χ3v) is 3.47. The molecule has 0 aliphatic heterocycles. The number of rotatable bonds is 2. The van der Waals surface area contributed by atoms with Gasteiger partial charge >= 0.3 is 0 Å². The van der Waals surface area contributed by atoms with E-state index in [9.17, 15) is 9.90 Å². The van der Waals surface area contributed by atoms with E-state index >= 15 is 0 Å². The molecule has 70 valence electrons. The minimum atomic E-state index is -0.367. The Hall–Kier alpha value is -0.350. The molecule has 0 aromatic heterocycles. The summed E-state index contributed by atoms with van der Waals surface area (Å²) in [5.41, 5.74) is 0.743. The second-order valence-electron chi connectivity index (χ2n) is 2.68. The summed E-state index contributed by atoms with van der Waals surface area (Å²) in [4.78, 5) is 10.7. The van der Waals surface area contributed by atoms with Crippen LogP contribution < -0.4 is 0 Å². The first-order valence-corrected chi connectivity index (χ1v) is 5.36. The van der Waals surface area contributed by atoms with E-state index in [2.05, 4.69) is 31.9 Å². The second kappa shape index (κ2) is 4.24. The van der Waals surface area contributed by atoms with Crippen LogP contribution in [-0.4, -0.2) is 10.9 Å². The van der Waals surface area contributed by atoms with E-state index in [1.807, 2.05) is 0 Å². The Bertz CT molecular complexity index is 336. The van der Waals surface area contributed by atoms with E-state index in [0.717, 1.165) is 10.0 Å². The van der Waals surface area contributed by atoms with Crippen LogP contribution >= 0.6 is 31.9 Å². The van der Waals surface area contributed by atoms with Crippen molar-refractivity contribution in [2.45, 2.75) is 11.8 Å². The summed E-state index contributed by atoms with van der Waals surface area (Å²) in [6.45, 7) is 1.50. The third kappa shape index (κ3) is 2.54. The van der Waals surface area contributed by atoms with Crippen LogP contribution in [0.15, 0.2) is 22.7 Å². The molecular formula is C9H8Br2O2. The molecule has 0 bridgehead atoms. The zero-order valence-electron chi connectivity index (χ0n) is 6.92. The molecule has 0 heterocycles. The van der Waals surface area contributed by atoms with Crippen molar-refractivity contribution in [3.8, 4) is 5.75 Å². The molecule has 0 aliphatic carbocycles. The van der Waals surface area contributed by atoms with Gasteiger partial charge in [0.15, 0.2) is 0 Å². The molecule has 1 aromatic rings. The van der Waals surface area contributed by atoms with E-state index in [4.69, 9.17) is 0 Å². The number of Topliss-reactive ketones (excluding diaryl/α,β-unsaturated/α-hetero) is 1. The summed E-state index contributed by atoms with van der Waals surface area (Å²) in [6, 6.07) is 4.83. The number of carbonyl (C=O) groups excluding carboxylic acids is 1. The molecule has 13 heavy (non-hydrogen) atoms. The molecule has 0 saturated heterocycles. The summed E-state index contributed by atoms with van der Waals surface area (Å²) >= 11 is 6.55. The zero-order chi connectivity index (χ0) is 10.0. The highest BCUT2D eigenvalue weighted by Crippen LogP contribution is 2.32. The standard InChI is InChI=1S/C9H8Br2O2/c1-5(12)9(11)7-4-6(13)2-3-8(7)10/h2-4,9,13H,1H3. The lowest BCUT2D eigenvalue weighted by molar-refractivity contribution is -0.116. The Kier molecular flexibility index (Phi) is 3.50. The van der Waals surface area contributed by atoms with Crippen molar-refractivity contribution in [2.75, 3.05) is 0 Å². The molecule has 0 aliphatic rings. The summed E-state index contributed by atoms with van der Waals surface area (Å²) < 4.78 is 0.808. The quantitative estimate of drug-likeness (QED) is 0.852. The van der Waals surface area contributed by atoms with Crippen molar-refractivity contribution >= 4 is 37.6 Å². The molecule has 0 spiro atoms. The molecule has 1 atom stereocenters. The number of phenolic OH excluding ortho intramolecular Hbond substituents is 1. The average molecular weight is 308 g/mol. The average Bonchev–Trinajstić information content (AvgIpc) is 2.08. The van der Waals surface area contributed by atoms with Gasteiger partial charge in [0, 0.05) is 4.47 Å². The lowest BCUT2D eigenvalue weighted by Gasteiger charge is -2.08.